The van der Waals surface area contributed by atoms with Crippen LogP contribution in [-0.4, -0.2) is 49.4 Å². The third-order valence-electron chi connectivity index (χ3n) is 4.20. The summed E-state index contributed by atoms with van der Waals surface area (Å²) in [6, 6.07) is 12.8. The molecule has 1 fully saturated rings. The highest BCUT2D eigenvalue weighted by atomic mass is 19.4. The van der Waals surface area contributed by atoms with Gasteiger partial charge in [-0.3, -0.25) is 4.79 Å². The largest absolute Gasteiger partial charge is 0.573 e. The second-order valence-corrected chi connectivity index (χ2v) is 6.21. The summed E-state index contributed by atoms with van der Waals surface area (Å²) in [5.74, 6) is -1.68. The number of carbonyl (C=O) groups is 2. The van der Waals surface area contributed by atoms with Crippen molar-refractivity contribution in [2.24, 2.45) is 0 Å². The summed E-state index contributed by atoms with van der Waals surface area (Å²) in [6.45, 7) is 1.54. The van der Waals surface area contributed by atoms with E-state index in [1.165, 1.54) is 0 Å². The van der Waals surface area contributed by atoms with Crippen molar-refractivity contribution in [2.75, 3.05) is 26.3 Å². The number of rotatable bonds is 5. The Morgan fingerprint density at radius 1 is 0.966 bits per heavy atom. The van der Waals surface area contributed by atoms with E-state index in [-0.39, 0.29) is 11.5 Å². The summed E-state index contributed by atoms with van der Waals surface area (Å²) in [5, 5.41) is 0. The predicted octanol–water partition coefficient (Wildman–Crippen LogP) is 3.34. The maximum Gasteiger partial charge on any atom is 0.573 e. The van der Waals surface area contributed by atoms with Crippen LogP contribution in [0.1, 0.15) is 22.0 Å². The van der Waals surface area contributed by atoms with Gasteiger partial charge in [-0.2, -0.15) is 0 Å². The quantitative estimate of drug-likeness (QED) is 0.709. The van der Waals surface area contributed by atoms with Crippen LogP contribution in [0.2, 0.25) is 0 Å². The lowest BCUT2D eigenvalue weighted by atomic mass is 10.1. The van der Waals surface area contributed by atoms with E-state index in [0.717, 1.165) is 24.3 Å². The Balaban J connectivity index is 1.76. The Labute approximate surface area is 164 Å². The number of carbonyl (C=O) groups excluding carboxylic acids is 2. The van der Waals surface area contributed by atoms with Crippen LogP contribution in [0.15, 0.2) is 54.6 Å². The number of hydrogen-bond acceptors (Lipinski definition) is 5. The van der Waals surface area contributed by atoms with Crippen molar-refractivity contribution in [3.8, 4) is 5.75 Å². The van der Waals surface area contributed by atoms with Gasteiger partial charge in [0.2, 0.25) is 6.10 Å². The first-order valence-corrected chi connectivity index (χ1v) is 8.82. The highest BCUT2D eigenvalue weighted by Gasteiger charge is 2.32. The van der Waals surface area contributed by atoms with E-state index in [2.05, 4.69) is 4.74 Å². The summed E-state index contributed by atoms with van der Waals surface area (Å²) < 4.78 is 51.2. The SMILES string of the molecule is O=C(O[C@H](C(=O)N1CCOCC1)c1ccccc1)c1ccc(OC(F)(F)F)cc1. The van der Waals surface area contributed by atoms with Gasteiger partial charge in [0.05, 0.1) is 18.8 Å². The molecule has 0 aliphatic carbocycles. The molecule has 9 heteroatoms. The molecular formula is C20H18F3NO5. The van der Waals surface area contributed by atoms with Gasteiger partial charge in [0.15, 0.2) is 0 Å². The minimum atomic E-state index is -4.83. The van der Waals surface area contributed by atoms with Crippen molar-refractivity contribution in [1.29, 1.82) is 0 Å². The first-order chi connectivity index (χ1) is 13.8. The van der Waals surface area contributed by atoms with Crippen LogP contribution < -0.4 is 4.74 Å². The minimum Gasteiger partial charge on any atom is -0.444 e. The molecule has 0 aromatic heterocycles. The fourth-order valence-corrected chi connectivity index (χ4v) is 2.81. The molecule has 1 atom stereocenters. The topological polar surface area (TPSA) is 65.1 Å². The molecule has 1 aliphatic heterocycles. The van der Waals surface area contributed by atoms with Gasteiger partial charge in [0.1, 0.15) is 5.75 Å². The first kappa shape index (κ1) is 20.7. The highest BCUT2D eigenvalue weighted by molar-refractivity contribution is 5.92. The minimum absolute atomic E-state index is 0.00441. The molecule has 6 nitrogen and oxygen atoms in total. The lowest BCUT2D eigenvalue weighted by Crippen LogP contribution is -2.44. The number of alkyl halides is 3. The zero-order chi connectivity index (χ0) is 20.9. The number of morpholine rings is 1. The van der Waals surface area contributed by atoms with Gasteiger partial charge in [-0.05, 0) is 24.3 Å². The number of ether oxygens (including phenoxy) is 3. The van der Waals surface area contributed by atoms with E-state index in [1.54, 1.807) is 35.2 Å². The maximum absolute atomic E-state index is 12.9. The predicted molar refractivity (Wildman–Crippen MR) is 95.1 cm³/mol. The van der Waals surface area contributed by atoms with Crippen molar-refractivity contribution in [3.63, 3.8) is 0 Å². The first-order valence-electron chi connectivity index (χ1n) is 8.82. The second kappa shape index (κ2) is 8.95. The molecule has 1 aliphatic rings. The number of halogens is 3. The van der Waals surface area contributed by atoms with E-state index in [1.807, 2.05) is 0 Å². The van der Waals surface area contributed by atoms with Gasteiger partial charge in [0, 0.05) is 18.7 Å². The number of esters is 1. The monoisotopic (exact) mass is 409 g/mol. The molecular weight excluding hydrogens is 391 g/mol. The van der Waals surface area contributed by atoms with E-state index in [0.29, 0.717) is 31.9 Å². The number of nitrogens with zero attached hydrogens (tertiary/aromatic N) is 1. The summed E-state index contributed by atoms with van der Waals surface area (Å²) >= 11 is 0. The summed E-state index contributed by atoms with van der Waals surface area (Å²) in [6.07, 6.45) is -6.00. The number of amides is 1. The molecule has 0 radical (unpaired) electrons. The Hall–Kier alpha value is -3.07. The molecule has 154 valence electrons. The Kier molecular flexibility index (Phi) is 6.38. The van der Waals surface area contributed by atoms with Gasteiger partial charge < -0.3 is 19.1 Å². The van der Waals surface area contributed by atoms with Crippen molar-refractivity contribution < 1.29 is 37.0 Å². The smallest absolute Gasteiger partial charge is 0.444 e. The second-order valence-electron chi connectivity index (χ2n) is 6.21. The lowest BCUT2D eigenvalue weighted by molar-refractivity contribution is -0.274. The van der Waals surface area contributed by atoms with Gasteiger partial charge in [-0.1, -0.05) is 30.3 Å². The average Bonchev–Trinajstić information content (AvgIpc) is 2.72. The standard InChI is InChI=1S/C20H18F3NO5/c21-20(22,23)29-16-8-6-15(7-9-16)19(26)28-17(14-4-2-1-3-5-14)18(25)24-10-12-27-13-11-24/h1-9,17H,10-13H2/t17-/m0/s1. The van der Waals surface area contributed by atoms with Gasteiger partial charge >= 0.3 is 12.3 Å². The van der Waals surface area contributed by atoms with Crippen molar-refractivity contribution >= 4 is 11.9 Å². The van der Waals surface area contributed by atoms with Crippen molar-refractivity contribution in [2.45, 2.75) is 12.5 Å². The molecule has 1 heterocycles. The van der Waals surface area contributed by atoms with Gasteiger partial charge in [-0.25, -0.2) is 4.79 Å². The summed E-state index contributed by atoms with van der Waals surface area (Å²) in [7, 11) is 0. The zero-order valence-corrected chi connectivity index (χ0v) is 15.2. The average molecular weight is 409 g/mol. The maximum atomic E-state index is 12.9. The van der Waals surface area contributed by atoms with Gasteiger partial charge in [0.25, 0.3) is 5.91 Å². The number of benzene rings is 2. The normalized spacial score (nSPS) is 15.5. The van der Waals surface area contributed by atoms with Crippen LogP contribution in [-0.2, 0) is 14.3 Å². The molecule has 1 amide bonds. The van der Waals surface area contributed by atoms with Gasteiger partial charge in [-0.15, -0.1) is 13.2 Å². The van der Waals surface area contributed by atoms with E-state index in [4.69, 9.17) is 9.47 Å². The summed E-state index contributed by atoms with van der Waals surface area (Å²) in [5.41, 5.74) is 0.490. The third kappa shape index (κ3) is 5.71. The molecule has 29 heavy (non-hydrogen) atoms. The van der Waals surface area contributed by atoms with E-state index >= 15 is 0 Å². The highest BCUT2D eigenvalue weighted by Crippen LogP contribution is 2.25. The van der Waals surface area contributed by atoms with Crippen molar-refractivity contribution in [3.05, 3.63) is 65.7 Å². The van der Waals surface area contributed by atoms with Crippen LogP contribution in [0, 0.1) is 0 Å². The molecule has 0 N–H and O–H groups in total. The Bertz CT molecular complexity index is 833. The van der Waals surface area contributed by atoms with Crippen molar-refractivity contribution in [1.82, 2.24) is 4.90 Å². The van der Waals surface area contributed by atoms with Crippen LogP contribution in [0.3, 0.4) is 0 Å². The fraction of sp³-hybridized carbons (Fsp3) is 0.300. The van der Waals surface area contributed by atoms with Crippen LogP contribution in [0.4, 0.5) is 13.2 Å². The molecule has 0 unspecified atom stereocenters. The van der Waals surface area contributed by atoms with Crippen LogP contribution in [0.25, 0.3) is 0 Å². The molecule has 3 rings (SSSR count). The van der Waals surface area contributed by atoms with Crippen LogP contribution >= 0.6 is 0 Å². The Morgan fingerprint density at radius 3 is 2.17 bits per heavy atom. The molecule has 0 spiro atoms. The van der Waals surface area contributed by atoms with E-state index in [9.17, 15) is 22.8 Å². The Morgan fingerprint density at radius 2 is 1.59 bits per heavy atom. The summed E-state index contributed by atoms with van der Waals surface area (Å²) in [4.78, 5) is 27.0. The van der Waals surface area contributed by atoms with Crippen LogP contribution in [0.5, 0.6) is 5.75 Å². The molecule has 1 saturated heterocycles. The van der Waals surface area contributed by atoms with E-state index < -0.39 is 24.2 Å². The molecule has 0 bridgehead atoms. The fourth-order valence-electron chi connectivity index (χ4n) is 2.81. The zero-order valence-electron chi connectivity index (χ0n) is 15.2. The molecule has 2 aromatic rings. The lowest BCUT2D eigenvalue weighted by Gasteiger charge is -2.30. The number of hydrogen-bond donors (Lipinski definition) is 0. The molecule has 2 aromatic carbocycles. The third-order valence-corrected chi connectivity index (χ3v) is 4.20. The molecule has 0 saturated carbocycles.